The number of hydrogen-bond donors (Lipinski definition) is 1. The van der Waals surface area contributed by atoms with Gasteiger partial charge in [-0.3, -0.25) is 10.1 Å². The zero-order valence-corrected chi connectivity index (χ0v) is 13.2. The molecule has 1 saturated carbocycles. The summed E-state index contributed by atoms with van der Waals surface area (Å²) in [4.78, 5) is 10.3. The number of nitrogens with zero attached hydrogens (tertiary/aromatic N) is 1. The van der Waals surface area contributed by atoms with E-state index in [9.17, 15) is 10.1 Å². The highest BCUT2D eigenvalue weighted by molar-refractivity contribution is 5.32. The number of non-ortho nitro benzene ring substituents is 1. The van der Waals surface area contributed by atoms with Crippen molar-refractivity contribution >= 4 is 5.69 Å². The average Bonchev–Trinajstić information content (AvgIpc) is 2.45. The molecule has 116 valence electrons. The molecule has 0 aromatic heterocycles. The maximum atomic E-state index is 10.7. The van der Waals surface area contributed by atoms with Crippen LogP contribution in [0.15, 0.2) is 24.3 Å². The van der Waals surface area contributed by atoms with Crippen molar-refractivity contribution in [2.45, 2.75) is 52.6 Å². The first kappa shape index (κ1) is 16.0. The van der Waals surface area contributed by atoms with E-state index in [-0.39, 0.29) is 10.6 Å². The van der Waals surface area contributed by atoms with Gasteiger partial charge in [-0.15, -0.1) is 0 Å². The molecule has 1 fully saturated rings. The standard InChI is InChI=1S/C17H26N2O2/c1-12(2)16-9-4-13(3)10-17(16)18-11-14-5-7-15(8-6-14)19(20)21/h5-8,12-13,16-18H,4,9-11H2,1-3H3. The Morgan fingerprint density at radius 2 is 1.95 bits per heavy atom. The van der Waals surface area contributed by atoms with Crippen LogP contribution in [-0.4, -0.2) is 11.0 Å². The van der Waals surface area contributed by atoms with Crippen LogP contribution in [0.25, 0.3) is 0 Å². The van der Waals surface area contributed by atoms with Crippen LogP contribution in [0.2, 0.25) is 0 Å². The monoisotopic (exact) mass is 290 g/mol. The van der Waals surface area contributed by atoms with E-state index < -0.39 is 0 Å². The molecule has 1 aromatic carbocycles. The Hall–Kier alpha value is -1.42. The molecule has 21 heavy (non-hydrogen) atoms. The Balaban J connectivity index is 1.95. The lowest BCUT2D eigenvalue weighted by atomic mass is 9.74. The molecule has 4 heteroatoms. The molecule has 1 N–H and O–H groups in total. The minimum absolute atomic E-state index is 0.157. The number of benzene rings is 1. The predicted molar refractivity (Wildman–Crippen MR) is 85.1 cm³/mol. The third-order valence-corrected chi connectivity index (χ3v) is 4.74. The predicted octanol–water partition coefficient (Wildman–Crippen LogP) is 4.15. The van der Waals surface area contributed by atoms with Crippen molar-refractivity contribution in [3.63, 3.8) is 0 Å². The molecule has 0 bridgehead atoms. The fourth-order valence-corrected chi connectivity index (χ4v) is 3.42. The quantitative estimate of drug-likeness (QED) is 0.655. The van der Waals surface area contributed by atoms with Crippen LogP contribution in [0.5, 0.6) is 0 Å². The molecule has 0 spiro atoms. The second-order valence-electron chi connectivity index (χ2n) is 6.74. The number of hydrogen-bond acceptors (Lipinski definition) is 3. The molecule has 1 aliphatic rings. The molecule has 4 nitrogen and oxygen atoms in total. The van der Waals surface area contributed by atoms with Crippen LogP contribution < -0.4 is 5.32 Å². The van der Waals surface area contributed by atoms with Gasteiger partial charge in [0.05, 0.1) is 4.92 Å². The van der Waals surface area contributed by atoms with Gasteiger partial charge in [0.25, 0.3) is 5.69 Å². The fourth-order valence-electron chi connectivity index (χ4n) is 3.42. The first-order valence-corrected chi connectivity index (χ1v) is 7.94. The minimum atomic E-state index is -0.352. The van der Waals surface area contributed by atoms with E-state index in [0.717, 1.165) is 23.9 Å². The topological polar surface area (TPSA) is 55.2 Å². The molecule has 0 aliphatic heterocycles. The number of rotatable bonds is 5. The Kier molecular flexibility index (Phi) is 5.34. The van der Waals surface area contributed by atoms with E-state index in [1.54, 1.807) is 12.1 Å². The van der Waals surface area contributed by atoms with Gasteiger partial charge in [-0.1, -0.05) is 39.3 Å². The Morgan fingerprint density at radius 3 is 2.52 bits per heavy atom. The average molecular weight is 290 g/mol. The molecular weight excluding hydrogens is 264 g/mol. The van der Waals surface area contributed by atoms with E-state index in [4.69, 9.17) is 0 Å². The van der Waals surface area contributed by atoms with Crippen LogP contribution in [0.4, 0.5) is 5.69 Å². The number of nitro benzene ring substituents is 1. The van der Waals surface area contributed by atoms with Gasteiger partial charge in [0.1, 0.15) is 0 Å². The summed E-state index contributed by atoms with van der Waals surface area (Å²) >= 11 is 0. The third-order valence-electron chi connectivity index (χ3n) is 4.74. The summed E-state index contributed by atoms with van der Waals surface area (Å²) in [5.74, 6) is 2.22. The molecular formula is C17H26N2O2. The van der Waals surface area contributed by atoms with Crippen molar-refractivity contribution in [3.8, 4) is 0 Å². The third kappa shape index (κ3) is 4.27. The summed E-state index contributed by atoms with van der Waals surface area (Å²) in [7, 11) is 0. The van der Waals surface area contributed by atoms with Crippen LogP contribution in [0.3, 0.4) is 0 Å². The summed E-state index contributed by atoms with van der Waals surface area (Å²) in [6.07, 6.45) is 3.87. The van der Waals surface area contributed by atoms with E-state index in [2.05, 4.69) is 26.1 Å². The van der Waals surface area contributed by atoms with Crippen molar-refractivity contribution < 1.29 is 4.92 Å². The lowest BCUT2D eigenvalue weighted by Crippen LogP contribution is -2.42. The second kappa shape index (κ2) is 7.03. The zero-order chi connectivity index (χ0) is 15.4. The largest absolute Gasteiger partial charge is 0.310 e. The fraction of sp³-hybridized carbons (Fsp3) is 0.647. The SMILES string of the molecule is CC1CCC(C(C)C)C(NCc2ccc([N+](=O)[O-])cc2)C1. The van der Waals surface area contributed by atoms with Gasteiger partial charge in [0, 0.05) is 24.7 Å². The van der Waals surface area contributed by atoms with Gasteiger partial charge >= 0.3 is 0 Å². The van der Waals surface area contributed by atoms with Crippen LogP contribution in [0, 0.1) is 27.9 Å². The van der Waals surface area contributed by atoms with E-state index in [0.29, 0.717) is 12.0 Å². The molecule has 0 radical (unpaired) electrons. The van der Waals surface area contributed by atoms with E-state index in [1.165, 1.54) is 19.3 Å². The first-order valence-electron chi connectivity index (χ1n) is 7.94. The minimum Gasteiger partial charge on any atom is -0.310 e. The zero-order valence-electron chi connectivity index (χ0n) is 13.2. The molecule has 0 saturated heterocycles. The molecule has 0 amide bonds. The van der Waals surface area contributed by atoms with E-state index >= 15 is 0 Å². The lowest BCUT2D eigenvalue weighted by molar-refractivity contribution is -0.384. The molecule has 0 heterocycles. The first-order chi connectivity index (χ1) is 9.97. The maximum absolute atomic E-state index is 10.7. The number of nitrogens with one attached hydrogen (secondary N) is 1. The Bertz CT molecular complexity index is 470. The van der Waals surface area contributed by atoms with Gasteiger partial charge in [0.15, 0.2) is 0 Å². The van der Waals surface area contributed by atoms with Gasteiger partial charge in [-0.25, -0.2) is 0 Å². The molecule has 3 atom stereocenters. The highest BCUT2D eigenvalue weighted by atomic mass is 16.6. The number of nitro groups is 1. The van der Waals surface area contributed by atoms with Crippen LogP contribution in [-0.2, 0) is 6.54 Å². The summed E-state index contributed by atoms with van der Waals surface area (Å²) in [5.41, 5.74) is 1.27. The maximum Gasteiger partial charge on any atom is 0.269 e. The van der Waals surface area contributed by atoms with Gasteiger partial charge in [-0.05, 0) is 36.2 Å². The summed E-state index contributed by atoms with van der Waals surface area (Å²) < 4.78 is 0. The van der Waals surface area contributed by atoms with Gasteiger partial charge in [-0.2, -0.15) is 0 Å². The van der Waals surface area contributed by atoms with Crippen molar-refractivity contribution in [2.75, 3.05) is 0 Å². The highest BCUT2D eigenvalue weighted by Gasteiger charge is 2.30. The highest BCUT2D eigenvalue weighted by Crippen LogP contribution is 2.33. The van der Waals surface area contributed by atoms with Crippen molar-refractivity contribution in [2.24, 2.45) is 17.8 Å². The van der Waals surface area contributed by atoms with Crippen molar-refractivity contribution in [1.82, 2.24) is 5.32 Å². The summed E-state index contributed by atoms with van der Waals surface area (Å²) in [6, 6.07) is 7.42. The molecule has 1 aliphatic carbocycles. The Morgan fingerprint density at radius 1 is 1.29 bits per heavy atom. The molecule has 2 rings (SSSR count). The Labute approximate surface area is 127 Å². The molecule has 3 unspecified atom stereocenters. The van der Waals surface area contributed by atoms with Gasteiger partial charge < -0.3 is 5.32 Å². The second-order valence-corrected chi connectivity index (χ2v) is 6.74. The van der Waals surface area contributed by atoms with Crippen molar-refractivity contribution in [1.29, 1.82) is 0 Å². The smallest absolute Gasteiger partial charge is 0.269 e. The normalized spacial score (nSPS) is 26.0. The van der Waals surface area contributed by atoms with Crippen molar-refractivity contribution in [3.05, 3.63) is 39.9 Å². The van der Waals surface area contributed by atoms with Gasteiger partial charge in [0.2, 0.25) is 0 Å². The molecule has 1 aromatic rings. The lowest BCUT2D eigenvalue weighted by Gasteiger charge is -2.38. The van der Waals surface area contributed by atoms with Crippen LogP contribution >= 0.6 is 0 Å². The van der Waals surface area contributed by atoms with Crippen LogP contribution in [0.1, 0.15) is 45.6 Å². The summed E-state index contributed by atoms with van der Waals surface area (Å²) in [6.45, 7) is 7.73. The summed E-state index contributed by atoms with van der Waals surface area (Å²) in [5, 5.41) is 14.3. The van der Waals surface area contributed by atoms with E-state index in [1.807, 2.05) is 12.1 Å².